The predicted octanol–water partition coefficient (Wildman–Crippen LogP) is 0.612. The van der Waals surface area contributed by atoms with E-state index < -0.39 is 17.4 Å². The van der Waals surface area contributed by atoms with Crippen LogP contribution in [-0.2, 0) is 9.53 Å². The van der Waals surface area contributed by atoms with Crippen LogP contribution in [0.1, 0.15) is 17.3 Å². The molecular formula is C13H15NO5. The van der Waals surface area contributed by atoms with Gasteiger partial charge in [-0.1, -0.05) is 0 Å². The number of phenolic OH excluding ortho intramolecular Hbond substituents is 1. The van der Waals surface area contributed by atoms with E-state index in [1.54, 1.807) is 6.92 Å². The van der Waals surface area contributed by atoms with E-state index in [2.05, 4.69) is 5.32 Å². The van der Waals surface area contributed by atoms with Crippen molar-refractivity contribution in [3.63, 3.8) is 0 Å². The summed E-state index contributed by atoms with van der Waals surface area (Å²) in [5, 5.41) is 21.0. The molecule has 0 radical (unpaired) electrons. The lowest BCUT2D eigenvalue weighted by Crippen LogP contribution is -2.49. The Labute approximate surface area is 110 Å². The molecule has 0 spiro atoms. The number of carboxylic acid groups (broad SMARTS) is 1. The van der Waals surface area contributed by atoms with Crippen molar-refractivity contribution in [2.75, 3.05) is 13.2 Å². The van der Waals surface area contributed by atoms with Gasteiger partial charge in [0.1, 0.15) is 11.2 Å². The first-order valence-corrected chi connectivity index (χ1v) is 5.84. The minimum Gasteiger partial charge on any atom is -0.508 e. The quantitative estimate of drug-likeness (QED) is 0.744. The molecule has 1 aliphatic rings. The third kappa shape index (κ3) is 2.53. The van der Waals surface area contributed by atoms with Crippen LogP contribution >= 0.6 is 0 Å². The maximum Gasteiger partial charge on any atom is 0.313 e. The third-order valence-corrected chi connectivity index (χ3v) is 3.38. The van der Waals surface area contributed by atoms with Crippen LogP contribution < -0.4 is 5.32 Å². The summed E-state index contributed by atoms with van der Waals surface area (Å²) < 4.78 is 5.15. The molecule has 0 bridgehead atoms. The molecule has 0 aliphatic carbocycles. The van der Waals surface area contributed by atoms with E-state index in [-0.39, 0.29) is 24.9 Å². The molecule has 3 N–H and O–H groups in total. The standard InChI is InChI=1S/C13H15NO5/c1-13(12(17)18)7-19-6-10(13)14-11(16)8-2-4-9(15)5-3-8/h2-5,10,15H,6-7H2,1H3,(H,14,16)(H,17,18). The second-order valence-electron chi connectivity index (χ2n) is 4.81. The maximum atomic E-state index is 12.0. The second-order valence-corrected chi connectivity index (χ2v) is 4.81. The Kier molecular flexibility index (Phi) is 3.44. The number of phenols is 1. The van der Waals surface area contributed by atoms with Crippen molar-refractivity contribution in [3.05, 3.63) is 29.8 Å². The van der Waals surface area contributed by atoms with Gasteiger partial charge in [0.15, 0.2) is 0 Å². The summed E-state index contributed by atoms with van der Waals surface area (Å²) in [6, 6.07) is 5.16. The molecule has 0 saturated carbocycles. The first-order valence-electron chi connectivity index (χ1n) is 5.84. The van der Waals surface area contributed by atoms with Crippen molar-refractivity contribution in [2.45, 2.75) is 13.0 Å². The van der Waals surface area contributed by atoms with E-state index >= 15 is 0 Å². The lowest BCUT2D eigenvalue weighted by atomic mass is 9.85. The Morgan fingerprint density at radius 3 is 2.58 bits per heavy atom. The molecule has 2 rings (SSSR count). The Morgan fingerprint density at radius 1 is 1.37 bits per heavy atom. The number of benzene rings is 1. The first kappa shape index (κ1) is 13.4. The highest BCUT2D eigenvalue weighted by Gasteiger charge is 2.47. The van der Waals surface area contributed by atoms with E-state index in [9.17, 15) is 14.7 Å². The zero-order valence-corrected chi connectivity index (χ0v) is 10.4. The monoisotopic (exact) mass is 265 g/mol. The van der Waals surface area contributed by atoms with Gasteiger partial charge >= 0.3 is 5.97 Å². The molecule has 2 unspecified atom stereocenters. The fourth-order valence-electron chi connectivity index (χ4n) is 1.94. The highest BCUT2D eigenvalue weighted by atomic mass is 16.5. The van der Waals surface area contributed by atoms with Crippen molar-refractivity contribution >= 4 is 11.9 Å². The lowest BCUT2D eigenvalue weighted by molar-refractivity contribution is -0.148. The Morgan fingerprint density at radius 2 is 2.00 bits per heavy atom. The number of hydrogen-bond donors (Lipinski definition) is 3. The molecule has 0 aromatic heterocycles. The van der Waals surface area contributed by atoms with Crippen molar-refractivity contribution < 1.29 is 24.5 Å². The smallest absolute Gasteiger partial charge is 0.313 e. The molecule has 6 nitrogen and oxygen atoms in total. The fourth-order valence-corrected chi connectivity index (χ4v) is 1.94. The summed E-state index contributed by atoms with van der Waals surface area (Å²) in [6.07, 6.45) is 0. The van der Waals surface area contributed by atoms with Crippen LogP contribution in [0.4, 0.5) is 0 Å². The van der Waals surface area contributed by atoms with Crippen molar-refractivity contribution in [1.82, 2.24) is 5.32 Å². The molecule has 1 fully saturated rings. The summed E-state index contributed by atoms with van der Waals surface area (Å²) in [4.78, 5) is 23.2. The van der Waals surface area contributed by atoms with Crippen molar-refractivity contribution in [3.8, 4) is 5.75 Å². The summed E-state index contributed by atoms with van der Waals surface area (Å²) in [5.41, 5.74) is -0.760. The predicted molar refractivity (Wildman–Crippen MR) is 65.9 cm³/mol. The number of rotatable bonds is 3. The topological polar surface area (TPSA) is 95.9 Å². The SMILES string of the molecule is CC1(C(=O)O)COCC1NC(=O)c1ccc(O)cc1. The van der Waals surface area contributed by atoms with Crippen LogP contribution in [-0.4, -0.2) is 41.3 Å². The molecule has 1 saturated heterocycles. The molecule has 1 heterocycles. The van der Waals surface area contributed by atoms with Gasteiger partial charge in [0.25, 0.3) is 5.91 Å². The highest BCUT2D eigenvalue weighted by Crippen LogP contribution is 2.29. The number of carboxylic acids is 1. The highest BCUT2D eigenvalue weighted by molar-refractivity contribution is 5.95. The molecule has 102 valence electrons. The van der Waals surface area contributed by atoms with Gasteiger partial charge in [0, 0.05) is 5.56 Å². The molecule has 1 aromatic rings. The maximum absolute atomic E-state index is 12.0. The Balaban J connectivity index is 2.10. The van der Waals surface area contributed by atoms with Gasteiger partial charge in [-0.25, -0.2) is 0 Å². The lowest BCUT2D eigenvalue weighted by Gasteiger charge is -2.25. The average molecular weight is 265 g/mol. The number of hydrogen-bond acceptors (Lipinski definition) is 4. The molecule has 19 heavy (non-hydrogen) atoms. The summed E-state index contributed by atoms with van der Waals surface area (Å²) >= 11 is 0. The van der Waals surface area contributed by atoms with E-state index in [1.807, 2.05) is 0 Å². The molecule has 2 atom stereocenters. The van der Waals surface area contributed by atoms with Crippen LogP contribution in [0.15, 0.2) is 24.3 Å². The molecule has 1 aromatic carbocycles. The average Bonchev–Trinajstić information content (AvgIpc) is 2.73. The largest absolute Gasteiger partial charge is 0.508 e. The zero-order chi connectivity index (χ0) is 14.0. The molecule has 1 amide bonds. The van der Waals surface area contributed by atoms with Crippen LogP contribution in [0, 0.1) is 5.41 Å². The van der Waals surface area contributed by atoms with Gasteiger partial charge < -0.3 is 20.3 Å². The first-order chi connectivity index (χ1) is 8.93. The Bertz CT molecular complexity index is 498. The third-order valence-electron chi connectivity index (χ3n) is 3.38. The van der Waals surface area contributed by atoms with Gasteiger partial charge in [0.05, 0.1) is 19.3 Å². The van der Waals surface area contributed by atoms with Crippen LogP contribution in [0.2, 0.25) is 0 Å². The molecular weight excluding hydrogens is 250 g/mol. The van der Waals surface area contributed by atoms with E-state index in [1.165, 1.54) is 24.3 Å². The summed E-state index contributed by atoms with van der Waals surface area (Å²) in [5.74, 6) is -1.32. The van der Waals surface area contributed by atoms with Crippen LogP contribution in [0.3, 0.4) is 0 Å². The normalized spacial score (nSPS) is 26.1. The van der Waals surface area contributed by atoms with E-state index in [0.29, 0.717) is 5.56 Å². The number of amides is 1. The number of aliphatic carboxylic acids is 1. The van der Waals surface area contributed by atoms with Gasteiger partial charge in [-0.05, 0) is 31.2 Å². The Hall–Kier alpha value is -2.08. The number of carbonyl (C=O) groups excluding carboxylic acids is 1. The summed E-state index contributed by atoms with van der Waals surface area (Å²) in [6.45, 7) is 1.79. The van der Waals surface area contributed by atoms with Crippen molar-refractivity contribution in [1.29, 1.82) is 0 Å². The summed E-state index contributed by atoms with van der Waals surface area (Å²) in [7, 11) is 0. The molecule has 1 aliphatic heterocycles. The van der Waals surface area contributed by atoms with E-state index in [0.717, 1.165) is 0 Å². The number of ether oxygens (including phenoxy) is 1. The van der Waals surface area contributed by atoms with Crippen LogP contribution in [0.5, 0.6) is 5.75 Å². The van der Waals surface area contributed by atoms with Crippen molar-refractivity contribution in [2.24, 2.45) is 5.41 Å². The fraction of sp³-hybridized carbons (Fsp3) is 0.385. The van der Waals surface area contributed by atoms with Crippen LogP contribution in [0.25, 0.3) is 0 Å². The van der Waals surface area contributed by atoms with Gasteiger partial charge in [-0.3, -0.25) is 9.59 Å². The van der Waals surface area contributed by atoms with Gasteiger partial charge in [-0.2, -0.15) is 0 Å². The number of nitrogens with one attached hydrogen (secondary N) is 1. The second kappa shape index (κ2) is 4.89. The zero-order valence-electron chi connectivity index (χ0n) is 10.4. The van der Waals surface area contributed by atoms with Gasteiger partial charge in [-0.15, -0.1) is 0 Å². The van der Waals surface area contributed by atoms with Gasteiger partial charge in [0.2, 0.25) is 0 Å². The molecule has 6 heteroatoms. The van der Waals surface area contributed by atoms with E-state index in [4.69, 9.17) is 9.84 Å². The number of aromatic hydroxyl groups is 1. The minimum atomic E-state index is -1.12. The minimum absolute atomic E-state index is 0.0659. The number of carbonyl (C=O) groups is 2.